The number of carbonyl (C=O) groups excluding carboxylic acids is 1. The summed E-state index contributed by atoms with van der Waals surface area (Å²) in [6.07, 6.45) is 2.12. The highest BCUT2D eigenvalue weighted by atomic mass is 32.2. The van der Waals surface area contributed by atoms with E-state index in [9.17, 15) is 13.2 Å². The highest BCUT2D eigenvalue weighted by Gasteiger charge is 2.35. The van der Waals surface area contributed by atoms with Crippen molar-refractivity contribution in [3.8, 4) is 11.1 Å². The van der Waals surface area contributed by atoms with Gasteiger partial charge in [0.2, 0.25) is 10.0 Å². The smallest absolute Gasteiger partial charge is 0.337 e. The zero-order chi connectivity index (χ0) is 26.4. The lowest BCUT2D eigenvalue weighted by molar-refractivity contribution is -0.138. The lowest BCUT2D eigenvalue weighted by atomic mass is 9.95. The molecule has 3 aromatic rings. The first-order valence-corrected chi connectivity index (χ1v) is 14.0. The van der Waals surface area contributed by atoms with Gasteiger partial charge >= 0.3 is 5.97 Å². The molecule has 194 valence electrons. The van der Waals surface area contributed by atoms with Crippen LogP contribution in [0.1, 0.15) is 31.4 Å². The van der Waals surface area contributed by atoms with Gasteiger partial charge in [-0.2, -0.15) is 0 Å². The molecule has 3 N–H and O–H groups in total. The molecule has 8 heteroatoms. The van der Waals surface area contributed by atoms with E-state index in [1.54, 1.807) is 18.2 Å². The number of sulfonamides is 1. The molecule has 0 bridgehead atoms. The number of allylic oxidation sites excluding steroid dienone is 1. The van der Waals surface area contributed by atoms with E-state index in [-0.39, 0.29) is 16.9 Å². The summed E-state index contributed by atoms with van der Waals surface area (Å²) >= 11 is 0. The molecule has 3 aromatic carbocycles. The van der Waals surface area contributed by atoms with Crippen LogP contribution in [0.2, 0.25) is 0 Å². The Morgan fingerprint density at radius 1 is 0.946 bits per heavy atom. The normalized spacial score (nSPS) is 15.8. The van der Waals surface area contributed by atoms with Gasteiger partial charge in [0.25, 0.3) is 0 Å². The average Bonchev–Trinajstić information content (AvgIpc) is 3.21. The molecule has 4 rings (SSSR count). The molecule has 37 heavy (non-hydrogen) atoms. The minimum atomic E-state index is -3.85. The second kappa shape index (κ2) is 11.7. The zero-order valence-corrected chi connectivity index (χ0v) is 22.0. The first kappa shape index (κ1) is 26.6. The van der Waals surface area contributed by atoms with E-state index in [0.29, 0.717) is 30.6 Å². The first-order chi connectivity index (χ1) is 17.8. The van der Waals surface area contributed by atoms with Gasteiger partial charge in [-0.3, -0.25) is 0 Å². The van der Waals surface area contributed by atoms with Gasteiger partial charge in [-0.15, -0.1) is 0 Å². The van der Waals surface area contributed by atoms with Gasteiger partial charge in [-0.1, -0.05) is 79.7 Å². The Morgan fingerprint density at radius 3 is 2.27 bits per heavy atom. The van der Waals surface area contributed by atoms with E-state index in [0.717, 1.165) is 35.4 Å². The molecule has 1 aliphatic rings. The van der Waals surface area contributed by atoms with Gasteiger partial charge in [0, 0.05) is 24.2 Å². The van der Waals surface area contributed by atoms with Crippen LogP contribution in [0.4, 0.5) is 0 Å². The van der Waals surface area contributed by atoms with Gasteiger partial charge in [-0.25, -0.2) is 23.8 Å². The van der Waals surface area contributed by atoms with Crippen molar-refractivity contribution in [3.05, 3.63) is 101 Å². The second-order valence-corrected chi connectivity index (χ2v) is 10.5. The van der Waals surface area contributed by atoms with Crippen LogP contribution in [0.3, 0.4) is 0 Å². The quantitative estimate of drug-likeness (QED) is 0.389. The Hall–Kier alpha value is -3.46. The number of rotatable bonds is 10. The molecule has 0 spiro atoms. The highest BCUT2D eigenvalue weighted by Crippen LogP contribution is 2.30. The summed E-state index contributed by atoms with van der Waals surface area (Å²) in [5.41, 5.74) is 8.58. The minimum absolute atomic E-state index is 0.0912. The molecule has 7 nitrogen and oxygen atoms in total. The number of ether oxygens (including phenoxy) is 1. The molecule has 0 amide bonds. The van der Waals surface area contributed by atoms with Crippen molar-refractivity contribution < 1.29 is 17.9 Å². The third kappa shape index (κ3) is 6.28. The predicted molar refractivity (Wildman–Crippen MR) is 145 cm³/mol. The minimum Gasteiger partial charge on any atom is -0.463 e. The maximum absolute atomic E-state index is 13.2. The van der Waals surface area contributed by atoms with Crippen LogP contribution in [0.5, 0.6) is 0 Å². The van der Waals surface area contributed by atoms with Gasteiger partial charge < -0.3 is 9.75 Å². The molecule has 0 radical (unpaired) electrons. The molecular formula is C29H33N3O4S. The number of hydrazine groups is 1. The molecule has 0 aliphatic carbocycles. The lowest BCUT2D eigenvalue weighted by Crippen LogP contribution is -2.40. The van der Waals surface area contributed by atoms with E-state index in [4.69, 9.17) is 9.88 Å². The van der Waals surface area contributed by atoms with Crippen LogP contribution in [-0.2, 0) is 32.4 Å². The fraction of sp³-hybridized carbons (Fsp3) is 0.276. The maximum atomic E-state index is 13.2. The molecule has 1 heterocycles. The maximum Gasteiger partial charge on any atom is 0.337 e. The summed E-state index contributed by atoms with van der Waals surface area (Å²) in [6.45, 7) is 5.00. The van der Waals surface area contributed by atoms with Gasteiger partial charge in [0.05, 0.1) is 23.1 Å². The number of nitrogens with zero attached hydrogens (tertiary/aromatic N) is 1. The lowest BCUT2D eigenvalue weighted by Gasteiger charge is -2.23. The Morgan fingerprint density at radius 2 is 1.62 bits per heavy atom. The second-order valence-electron chi connectivity index (χ2n) is 9.02. The van der Waals surface area contributed by atoms with Crippen molar-refractivity contribution in [1.82, 2.24) is 10.4 Å². The number of primary sulfonamides is 1. The molecular weight excluding hydrogens is 486 g/mol. The molecule has 0 aromatic heterocycles. The molecule has 1 aliphatic heterocycles. The van der Waals surface area contributed by atoms with E-state index < -0.39 is 10.0 Å². The third-order valence-electron chi connectivity index (χ3n) is 6.35. The summed E-state index contributed by atoms with van der Waals surface area (Å²) in [4.78, 5) is 13.2. The van der Waals surface area contributed by atoms with Crippen LogP contribution in [0.25, 0.3) is 11.1 Å². The van der Waals surface area contributed by atoms with Crippen molar-refractivity contribution in [2.75, 3.05) is 13.2 Å². The molecule has 1 atom stereocenters. The van der Waals surface area contributed by atoms with Crippen molar-refractivity contribution >= 4 is 16.0 Å². The predicted octanol–water partition coefficient (Wildman–Crippen LogP) is 4.20. The highest BCUT2D eigenvalue weighted by molar-refractivity contribution is 7.89. The molecule has 0 saturated carbocycles. The Labute approximate surface area is 219 Å². The number of esters is 1. The number of hydrogen-bond donors (Lipinski definition) is 2. The average molecular weight is 520 g/mol. The SMILES string of the molecule is CCCN1NC(Cc2ccc(-c3ccccc3S(N)(=O)=O)cc2)C(C(=O)OCC)=C1Cc1ccccc1. The zero-order valence-electron chi connectivity index (χ0n) is 21.2. The van der Waals surface area contributed by atoms with E-state index in [1.807, 2.05) is 49.4 Å². The first-order valence-electron chi connectivity index (χ1n) is 12.5. The van der Waals surface area contributed by atoms with Gasteiger partial charge in [-0.05, 0) is 42.5 Å². The fourth-order valence-electron chi connectivity index (χ4n) is 4.71. The van der Waals surface area contributed by atoms with Crippen LogP contribution < -0.4 is 10.6 Å². The summed E-state index contributed by atoms with van der Waals surface area (Å²) in [5.74, 6) is -0.303. The Bertz CT molecular complexity index is 1370. The van der Waals surface area contributed by atoms with Crippen LogP contribution in [0, 0.1) is 0 Å². The molecule has 1 unspecified atom stereocenters. The van der Waals surface area contributed by atoms with Gasteiger partial charge in [0.15, 0.2) is 0 Å². The Balaban J connectivity index is 1.64. The largest absolute Gasteiger partial charge is 0.463 e. The van der Waals surface area contributed by atoms with Crippen molar-refractivity contribution in [2.24, 2.45) is 5.14 Å². The van der Waals surface area contributed by atoms with Crippen LogP contribution >= 0.6 is 0 Å². The number of carbonyl (C=O) groups is 1. The standard InChI is InChI=1S/C29H33N3O4S/c1-3-18-32-26(20-21-10-6-5-7-11-21)28(29(33)36-4-2)25(31-32)19-22-14-16-23(17-15-22)24-12-8-9-13-27(24)37(30,34)35/h5-17,25,31H,3-4,18-20H2,1-2H3,(H2,30,34,35). The van der Waals surface area contributed by atoms with Crippen LogP contribution in [0.15, 0.2) is 95.0 Å². The van der Waals surface area contributed by atoms with Crippen molar-refractivity contribution in [3.63, 3.8) is 0 Å². The summed E-state index contributed by atoms with van der Waals surface area (Å²) in [7, 11) is -3.85. The molecule has 0 fully saturated rings. The van der Waals surface area contributed by atoms with Crippen molar-refractivity contribution in [1.29, 1.82) is 0 Å². The molecule has 0 saturated heterocycles. The third-order valence-corrected chi connectivity index (χ3v) is 7.32. The van der Waals surface area contributed by atoms with E-state index >= 15 is 0 Å². The summed E-state index contributed by atoms with van der Waals surface area (Å²) < 4.78 is 29.6. The number of benzene rings is 3. The monoisotopic (exact) mass is 519 g/mol. The topological polar surface area (TPSA) is 102 Å². The number of hydrogen-bond acceptors (Lipinski definition) is 6. The number of nitrogens with two attached hydrogens (primary N) is 1. The fourth-order valence-corrected chi connectivity index (χ4v) is 5.47. The van der Waals surface area contributed by atoms with Crippen molar-refractivity contribution in [2.45, 2.75) is 44.0 Å². The summed E-state index contributed by atoms with van der Waals surface area (Å²) in [6, 6.07) is 24.2. The number of nitrogens with one attached hydrogen (secondary N) is 1. The Kier molecular flexibility index (Phi) is 8.43. The van der Waals surface area contributed by atoms with E-state index in [2.05, 4.69) is 29.5 Å². The van der Waals surface area contributed by atoms with E-state index in [1.165, 1.54) is 6.07 Å². The summed E-state index contributed by atoms with van der Waals surface area (Å²) in [5, 5.41) is 7.50. The van der Waals surface area contributed by atoms with Crippen LogP contribution in [-0.4, -0.2) is 38.6 Å². The van der Waals surface area contributed by atoms with Gasteiger partial charge in [0.1, 0.15) is 0 Å².